The topological polar surface area (TPSA) is 96.0 Å². The Morgan fingerprint density at radius 3 is 2.30 bits per heavy atom. The molecule has 0 heterocycles. The number of benzene rings is 1. The van der Waals surface area contributed by atoms with Gasteiger partial charge in [-0.3, -0.25) is 13.8 Å². The molecule has 8 heteroatoms. The van der Waals surface area contributed by atoms with E-state index in [1.54, 1.807) is 24.3 Å². The van der Waals surface area contributed by atoms with Gasteiger partial charge in [0.1, 0.15) is 0 Å². The summed E-state index contributed by atoms with van der Waals surface area (Å²) < 4.78 is 39.1. The van der Waals surface area contributed by atoms with Crippen LogP contribution in [0.3, 0.4) is 0 Å². The van der Waals surface area contributed by atoms with Gasteiger partial charge in [-0.2, -0.15) is 8.42 Å². The monoisotopic (exact) mass is 396 g/mol. The lowest BCUT2D eigenvalue weighted by Crippen LogP contribution is -2.27. The summed E-state index contributed by atoms with van der Waals surface area (Å²) in [6.07, 6.45) is 3.88. The fourth-order valence-corrected chi connectivity index (χ4v) is 4.06. The van der Waals surface area contributed by atoms with Gasteiger partial charge in [0, 0.05) is 0 Å². The number of hydrogen-bond donors (Lipinski definition) is 0. The molecule has 27 heavy (non-hydrogen) atoms. The van der Waals surface area contributed by atoms with Gasteiger partial charge < -0.3 is 9.47 Å². The first-order chi connectivity index (χ1) is 12.8. The van der Waals surface area contributed by atoms with Crippen molar-refractivity contribution >= 4 is 22.1 Å². The largest absolute Gasteiger partial charge is 0.469 e. The molecule has 0 amide bonds. The normalized spacial score (nSPS) is 21.8. The van der Waals surface area contributed by atoms with Crippen molar-refractivity contribution in [2.45, 2.75) is 24.7 Å². The van der Waals surface area contributed by atoms with Crippen LogP contribution < -0.4 is 0 Å². The maximum atomic E-state index is 12.3. The number of carbonyl (C=O) groups excluding carboxylic acids is 2. The minimum atomic E-state index is -3.86. The highest BCUT2D eigenvalue weighted by atomic mass is 32.2. The maximum Gasteiger partial charge on any atom is 0.312 e. The van der Waals surface area contributed by atoms with Crippen LogP contribution in [0.1, 0.15) is 18.4 Å². The number of allylic oxidation sites excluding steroid dienone is 1. The first-order valence-corrected chi connectivity index (χ1v) is 9.98. The summed E-state index contributed by atoms with van der Waals surface area (Å²) in [5.41, 5.74) is 0.949. The summed E-state index contributed by atoms with van der Waals surface area (Å²) in [5, 5.41) is 0. The van der Waals surface area contributed by atoms with E-state index in [2.05, 4.69) is 0 Å². The number of carbonyl (C=O) groups is 2. The zero-order valence-electron chi connectivity index (χ0n) is 15.6. The highest BCUT2D eigenvalue weighted by Crippen LogP contribution is 2.36. The number of rotatable bonds is 8. The molecular formula is C19H24O7S. The van der Waals surface area contributed by atoms with Crippen molar-refractivity contribution in [3.8, 4) is 0 Å². The summed E-state index contributed by atoms with van der Waals surface area (Å²) >= 11 is 0. The number of aryl methyl sites for hydroxylation is 1. The molecule has 1 aromatic carbocycles. The molecule has 0 fully saturated rings. The molecule has 0 radical (unpaired) electrons. The third-order valence-electron chi connectivity index (χ3n) is 4.68. The third-order valence-corrected chi connectivity index (χ3v) is 6.01. The number of hydrogen-bond acceptors (Lipinski definition) is 7. The molecule has 1 aliphatic carbocycles. The van der Waals surface area contributed by atoms with Crippen molar-refractivity contribution in [3.05, 3.63) is 42.0 Å². The van der Waals surface area contributed by atoms with Crippen molar-refractivity contribution in [2.75, 3.05) is 20.8 Å². The Morgan fingerprint density at radius 1 is 1.04 bits per heavy atom. The number of methoxy groups -OCH3 is 2. The molecule has 1 aromatic rings. The smallest absolute Gasteiger partial charge is 0.312 e. The van der Waals surface area contributed by atoms with E-state index in [9.17, 15) is 18.0 Å². The molecule has 0 bridgehead atoms. The molecule has 0 saturated heterocycles. The van der Waals surface area contributed by atoms with Crippen LogP contribution in [0.5, 0.6) is 0 Å². The second kappa shape index (κ2) is 9.14. The van der Waals surface area contributed by atoms with Crippen LogP contribution in [0.15, 0.2) is 41.3 Å². The van der Waals surface area contributed by atoms with Gasteiger partial charge >= 0.3 is 11.9 Å². The van der Waals surface area contributed by atoms with Crippen molar-refractivity contribution in [1.29, 1.82) is 0 Å². The quantitative estimate of drug-likeness (QED) is 0.378. The van der Waals surface area contributed by atoms with E-state index in [0.717, 1.165) is 5.56 Å². The van der Waals surface area contributed by atoms with Gasteiger partial charge in [-0.25, -0.2) is 0 Å². The fraction of sp³-hybridized carbons (Fsp3) is 0.474. The average Bonchev–Trinajstić information content (AvgIpc) is 3.03. The summed E-state index contributed by atoms with van der Waals surface area (Å²) in [6.45, 7) is 1.81. The third kappa shape index (κ3) is 5.40. The highest BCUT2D eigenvalue weighted by Gasteiger charge is 2.38. The van der Waals surface area contributed by atoms with E-state index in [4.69, 9.17) is 13.7 Å². The molecule has 148 valence electrons. The molecule has 2 rings (SSSR count). The Kier molecular flexibility index (Phi) is 7.15. The predicted molar refractivity (Wildman–Crippen MR) is 97.2 cm³/mol. The minimum absolute atomic E-state index is 0.0403. The van der Waals surface area contributed by atoms with Gasteiger partial charge in [0.25, 0.3) is 10.1 Å². The maximum absolute atomic E-state index is 12.3. The van der Waals surface area contributed by atoms with Crippen LogP contribution >= 0.6 is 0 Å². The lowest BCUT2D eigenvalue weighted by atomic mass is 9.84. The van der Waals surface area contributed by atoms with Crippen molar-refractivity contribution in [2.24, 2.45) is 17.8 Å². The molecule has 0 aliphatic heterocycles. The first kappa shape index (κ1) is 21.1. The Morgan fingerprint density at radius 2 is 1.70 bits per heavy atom. The van der Waals surface area contributed by atoms with Gasteiger partial charge in [-0.1, -0.05) is 29.8 Å². The summed E-state index contributed by atoms with van der Waals surface area (Å²) in [6, 6.07) is 6.38. The van der Waals surface area contributed by atoms with E-state index in [-0.39, 0.29) is 29.8 Å². The van der Waals surface area contributed by atoms with Gasteiger partial charge in [0.15, 0.2) is 0 Å². The lowest BCUT2D eigenvalue weighted by Gasteiger charge is -2.22. The van der Waals surface area contributed by atoms with Crippen LogP contribution in [-0.2, 0) is 33.4 Å². The number of ether oxygens (including phenoxy) is 2. The van der Waals surface area contributed by atoms with Crippen LogP contribution in [-0.4, -0.2) is 41.2 Å². The summed E-state index contributed by atoms with van der Waals surface area (Å²) in [7, 11) is -1.29. The van der Waals surface area contributed by atoms with E-state index in [1.807, 2.05) is 6.92 Å². The molecule has 0 aromatic heterocycles. The van der Waals surface area contributed by atoms with Crippen LogP contribution in [0.25, 0.3) is 0 Å². The van der Waals surface area contributed by atoms with Crippen LogP contribution in [0.4, 0.5) is 0 Å². The van der Waals surface area contributed by atoms with Crippen molar-refractivity contribution in [1.82, 2.24) is 0 Å². The van der Waals surface area contributed by atoms with Crippen LogP contribution in [0.2, 0.25) is 0 Å². The molecule has 3 atom stereocenters. The Balaban J connectivity index is 2.00. The Hall–Kier alpha value is -2.19. The SMILES string of the molecule is COC(=O)C[C@H]1[C@@H](CCOS(=O)(=O)c2ccc(C)cc2)C=C[C@H]1C(=O)OC. The zero-order valence-corrected chi connectivity index (χ0v) is 16.4. The molecule has 7 nitrogen and oxygen atoms in total. The van der Waals surface area contributed by atoms with Crippen LogP contribution in [0, 0.1) is 24.7 Å². The van der Waals surface area contributed by atoms with E-state index in [0.29, 0.717) is 6.42 Å². The standard InChI is InChI=1S/C19H24O7S/c1-13-4-7-15(8-5-13)27(22,23)26-11-10-14-6-9-16(19(21)25-3)17(14)12-18(20)24-2/h4-9,14,16-17H,10-12H2,1-3H3/t14-,16-,17+/m1/s1. The van der Waals surface area contributed by atoms with Gasteiger partial charge in [0.05, 0.1) is 38.1 Å². The van der Waals surface area contributed by atoms with Gasteiger partial charge in [-0.05, 0) is 37.3 Å². The van der Waals surface area contributed by atoms with E-state index >= 15 is 0 Å². The Bertz CT molecular complexity index is 796. The molecule has 0 unspecified atom stereocenters. The molecule has 0 saturated carbocycles. The van der Waals surface area contributed by atoms with Crippen molar-refractivity contribution in [3.63, 3.8) is 0 Å². The molecule has 0 spiro atoms. The second-order valence-electron chi connectivity index (χ2n) is 6.42. The highest BCUT2D eigenvalue weighted by molar-refractivity contribution is 7.86. The molecule has 0 N–H and O–H groups in total. The van der Waals surface area contributed by atoms with E-state index in [1.165, 1.54) is 26.4 Å². The minimum Gasteiger partial charge on any atom is -0.469 e. The van der Waals surface area contributed by atoms with Gasteiger partial charge in [0.2, 0.25) is 0 Å². The summed E-state index contributed by atoms with van der Waals surface area (Å²) in [4.78, 5) is 23.7. The fourth-order valence-electron chi connectivity index (χ4n) is 3.13. The first-order valence-electron chi connectivity index (χ1n) is 8.57. The van der Waals surface area contributed by atoms with Crippen molar-refractivity contribution < 1.29 is 31.7 Å². The zero-order chi connectivity index (χ0) is 20.0. The number of esters is 2. The second-order valence-corrected chi connectivity index (χ2v) is 8.03. The van der Waals surface area contributed by atoms with Gasteiger partial charge in [-0.15, -0.1) is 0 Å². The molecule has 1 aliphatic rings. The summed E-state index contributed by atoms with van der Waals surface area (Å²) in [5.74, 6) is -1.98. The predicted octanol–water partition coefficient (Wildman–Crippen LogP) is 2.24. The Labute approximate surface area is 159 Å². The van der Waals surface area contributed by atoms with E-state index < -0.39 is 28.0 Å². The molecular weight excluding hydrogens is 372 g/mol. The average molecular weight is 396 g/mol. The lowest BCUT2D eigenvalue weighted by molar-refractivity contribution is -0.147.